The summed E-state index contributed by atoms with van der Waals surface area (Å²) < 4.78 is 29.9. The van der Waals surface area contributed by atoms with E-state index in [-0.39, 0.29) is 23.6 Å². The Hall–Kier alpha value is -2.86. The first-order chi connectivity index (χ1) is 14.9. The fourth-order valence-corrected chi connectivity index (χ4v) is 4.89. The minimum absolute atomic E-state index is 0.0696. The topological polar surface area (TPSA) is 148 Å². The lowest BCUT2D eigenvalue weighted by Gasteiger charge is -2.27. The molecule has 2 saturated heterocycles. The van der Waals surface area contributed by atoms with Crippen LogP contribution in [0.5, 0.6) is 0 Å². The number of aliphatic hydroxyl groups excluding tert-OH is 1. The van der Waals surface area contributed by atoms with Crippen LogP contribution in [0.3, 0.4) is 0 Å². The molecule has 2 fully saturated rings. The Kier molecular flexibility index (Phi) is 4.00. The predicted molar refractivity (Wildman–Crippen MR) is 103 cm³/mol. The highest BCUT2D eigenvalue weighted by Crippen LogP contribution is 2.51. The maximum atomic E-state index is 13.0. The van der Waals surface area contributed by atoms with E-state index in [1.807, 2.05) is 30.3 Å². The van der Waals surface area contributed by atoms with Crippen molar-refractivity contribution in [1.82, 2.24) is 14.4 Å². The first kappa shape index (κ1) is 18.9. The van der Waals surface area contributed by atoms with Crippen LogP contribution < -0.4 is 10.9 Å². The number of hydrogen-bond acceptors (Lipinski definition) is 9. The summed E-state index contributed by atoms with van der Waals surface area (Å²) in [5.74, 6) is 0.334. The molecule has 0 spiro atoms. The van der Waals surface area contributed by atoms with E-state index >= 15 is 0 Å². The van der Waals surface area contributed by atoms with Gasteiger partial charge < -0.3 is 14.7 Å². The van der Waals surface area contributed by atoms with Crippen molar-refractivity contribution in [2.45, 2.75) is 24.5 Å². The molecule has 0 radical (unpaired) electrons. The Morgan fingerprint density at radius 1 is 1.23 bits per heavy atom. The van der Waals surface area contributed by atoms with Gasteiger partial charge in [-0.3, -0.25) is 13.8 Å². The highest BCUT2D eigenvalue weighted by Gasteiger charge is 2.55. The van der Waals surface area contributed by atoms with Gasteiger partial charge in [-0.2, -0.15) is 9.56 Å². The van der Waals surface area contributed by atoms with Crippen LogP contribution in [-0.2, 0) is 18.3 Å². The lowest BCUT2D eigenvalue weighted by Crippen LogP contribution is -2.42. The van der Waals surface area contributed by atoms with E-state index in [1.54, 1.807) is 6.20 Å². The minimum atomic E-state index is -4.26. The van der Waals surface area contributed by atoms with Crippen LogP contribution in [-0.4, -0.2) is 66.4 Å². The lowest BCUT2D eigenvalue weighted by atomic mass is 10.1. The van der Waals surface area contributed by atoms with Gasteiger partial charge in [0.1, 0.15) is 18.3 Å². The Bertz CT molecular complexity index is 1410. The Balaban J connectivity index is 1.39. The average molecular weight is 444 g/mol. The molecule has 31 heavy (non-hydrogen) atoms. The molecule has 0 amide bonds. The number of aliphatic hydroxyl groups is 1. The zero-order valence-corrected chi connectivity index (χ0v) is 16.6. The minimum Gasteiger partial charge on any atom is -0.384 e. The summed E-state index contributed by atoms with van der Waals surface area (Å²) in [5.41, 5.74) is 0.992. The van der Waals surface area contributed by atoms with E-state index < -0.39 is 37.9 Å². The van der Waals surface area contributed by atoms with E-state index in [0.29, 0.717) is 5.69 Å². The summed E-state index contributed by atoms with van der Waals surface area (Å²) in [4.78, 5) is 35.6. The third kappa shape index (κ3) is 2.88. The van der Waals surface area contributed by atoms with Gasteiger partial charge in [0.25, 0.3) is 5.36 Å². The fourth-order valence-electron chi connectivity index (χ4n) is 3.92. The molecular formula is C18H15N5O7P+. The molecule has 3 aromatic rings. The van der Waals surface area contributed by atoms with E-state index in [2.05, 4.69) is 15.0 Å². The first-order valence-corrected chi connectivity index (χ1v) is 10.9. The Morgan fingerprint density at radius 3 is 2.84 bits per heavy atom. The average Bonchev–Trinajstić information content (AvgIpc) is 3.45. The van der Waals surface area contributed by atoms with Crippen LogP contribution in [0.4, 0.5) is 5.82 Å². The van der Waals surface area contributed by atoms with Crippen LogP contribution in [0.2, 0.25) is 0 Å². The van der Waals surface area contributed by atoms with Gasteiger partial charge in [-0.1, -0.05) is 40.3 Å². The quantitative estimate of drug-likeness (QED) is 0.390. The number of benzene rings is 1. The van der Waals surface area contributed by atoms with Gasteiger partial charge in [0.05, 0.1) is 12.3 Å². The van der Waals surface area contributed by atoms with Gasteiger partial charge in [0, 0.05) is 11.8 Å². The number of fused-ring (bicyclic) bond motifs is 3. The summed E-state index contributed by atoms with van der Waals surface area (Å²) in [6.45, 7) is -0.218. The summed E-state index contributed by atoms with van der Waals surface area (Å²) in [5, 5.41) is 10.7. The second-order valence-corrected chi connectivity index (χ2v) is 8.70. The number of nitrogens with zero attached hydrogens (tertiary/aromatic N) is 5. The van der Waals surface area contributed by atoms with Crippen LogP contribution in [0.1, 0.15) is 0 Å². The van der Waals surface area contributed by atoms with Crippen molar-refractivity contribution in [3.63, 3.8) is 0 Å². The van der Waals surface area contributed by atoms with Crippen molar-refractivity contribution in [1.29, 1.82) is 0 Å². The van der Waals surface area contributed by atoms with Crippen molar-refractivity contribution in [3.8, 4) is 11.3 Å². The van der Waals surface area contributed by atoms with E-state index in [4.69, 9.17) is 13.8 Å². The molecule has 1 unspecified atom stereocenters. The normalized spacial score (nSPS) is 31.9. The second kappa shape index (κ2) is 6.57. The smallest absolute Gasteiger partial charge is 0.384 e. The summed E-state index contributed by atoms with van der Waals surface area (Å²) >= 11 is 0. The fraction of sp³-hybridized carbons (Fsp3) is 0.278. The molecule has 2 aromatic heterocycles. The number of aromatic nitrogens is 3. The Morgan fingerprint density at radius 2 is 2.03 bits per heavy atom. The van der Waals surface area contributed by atoms with Crippen LogP contribution in [0.15, 0.2) is 46.3 Å². The molecule has 5 heterocycles. The standard InChI is InChI=1S/C18H14N5O7P/c24-13-14-11(7-28-31(26,27)30-14)29-17(13)23-8-19-12-15(23)21-18-20-10(6-22(18)16(12)25)9-4-2-1-3-5-9/h1-6,8,11,13-14,17,24H,7H2/p+1/t11-,13-,14-,17-/m1/s1. The predicted octanol–water partition coefficient (Wildman–Crippen LogP) is -0.618. The molecule has 0 saturated carbocycles. The van der Waals surface area contributed by atoms with Crippen molar-refractivity contribution in [2.24, 2.45) is 4.99 Å². The van der Waals surface area contributed by atoms with Gasteiger partial charge in [-0.15, -0.1) is 0 Å². The number of imidazole rings is 1. The number of ether oxygens (including phenoxy) is 1. The van der Waals surface area contributed by atoms with Crippen molar-refractivity contribution < 1.29 is 32.9 Å². The molecule has 3 aliphatic rings. The second-order valence-electron chi connectivity index (χ2n) is 7.29. The summed E-state index contributed by atoms with van der Waals surface area (Å²) in [6.07, 6.45) is -1.27. The third-order valence-corrected chi connectivity index (χ3v) is 6.38. The molecule has 6 rings (SSSR count). The van der Waals surface area contributed by atoms with Crippen molar-refractivity contribution in [3.05, 3.63) is 52.2 Å². The largest absolute Gasteiger partial charge is 0.472 e. The van der Waals surface area contributed by atoms with Gasteiger partial charge in [-0.25, -0.2) is 8.97 Å². The molecule has 5 atom stereocenters. The molecule has 2 N–H and O–H groups in total. The lowest BCUT2D eigenvalue weighted by molar-refractivity contribution is -0.547. The van der Waals surface area contributed by atoms with Gasteiger partial charge in [-0.05, 0) is 0 Å². The molecule has 12 nitrogen and oxygen atoms in total. The maximum absolute atomic E-state index is 13.0. The summed E-state index contributed by atoms with van der Waals surface area (Å²) in [7, 11) is -4.26. The van der Waals surface area contributed by atoms with Gasteiger partial charge >= 0.3 is 25.0 Å². The van der Waals surface area contributed by atoms with Crippen LogP contribution in [0.25, 0.3) is 17.0 Å². The van der Waals surface area contributed by atoms with E-state index in [0.717, 1.165) is 5.56 Å². The molecular weight excluding hydrogens is 429 g/mol. The summed E-state index contributed by atoms with van der Waals surface area (Å²) in [6, 6.07) is 9.36. The molecule has 158 valence electrons. The SMILES string of the molecule is O=c1c2c(nc3nc(-c4ccccc4)cn13)[N+]([C@@H]1O[C@@H]3COP(=O)(O)O[C@H]3[C@H]1O)=CN=2. The van der Waals surface area contributed by atoms with E-state index in [1.165, 1.54) is 15.3 Å². The third-order valence-electron chi connectivity index (χ3n) is 5.39. The van der Waals surface area contributed by atoms with Gasteiger partial charge in [0.15, 0.2) is 0 Å². The molecule has 13 heteroatoms. The Labute approximate surface area is 173 Å². The number of hydrogen-bond donors (Lipinski definition) is 2. The van der Waals surface area contributed by atoms with E-state index in [9.17, 15) is 19.4 Å². The van der Waals surface area contributed by atoms with Crippen LogP contribution in [0, 0.1) is 0 Å². The van der Waals surface area contributed by atoms with Gasteiger partial charge in [0.2, 0.25) is 12.6 Å². The molecule has 0 aliphatic carbocycles. The number of phosphoric acid groups is 1. The number of phosphoric ester groups is 1. The van der Waals surface area contributed by atoms with Crippen molar-refractivity contribution >= 4 is 25.8 Å². The monoisotopic (exact) mass is 444 g/mol. The van der Waals surface area contributed by atoms with Crippen LogP contribution >= 0.6 is 7.82 Å². The highest BCUT2D eigenvalue weighted by molar-refractivity contribution is 7.47. The number of rotatable bonds is 2. The zero-order chi connectivity index (χ0) is 21.3. The zero-order valence-electron chi connectivity index (χ0n) is 15.7. The molecule has 3 aliphatic heterocycles. The maximum Gasteiger partial charge on any atom is 0.472 e. The van der Waals surface area contributed by atoms with Crippen molar-refractivity contribution in [2.75, 3.05) is 6.61 Å². The highest BCUT2D eigenvalue weighted by atomic mass is 31.2. The molecule has 0 bridgehead atoms. The molecule has 1 aromatic carbocycles. The first-order valence-electron chi connectivity index (χ1n) is 9.39.